The van der Waals surface area contributed by atoms with Crippen LogP contribution in [0.4, 0.5) is 5.95 Å². The van der Waals surface area contributed by atoms with E-state index >= 15 is 0 Å². The molecule has 0 aliphatic rings. The summed E-state index contributed by atoms with van der Waals surface area (Å²) in [5, 5.41) is 20.9. The first-order chi connectivity index (χ1) is 12.7. The van der Waals surface area contributed by atoms with Gasteiger partial charge in [0.15, 0.2) is 0 Å². The first-order valence-electron chi connectivity index (χ1n) is 7.63. The highest BCUT2D eigenvalue weighted by atomic mass is 16.5. The molecular weight excluding hydrogens is 334 g/mol. The Bertz CT molecular complexity index is 942. The van der Waals surface area contributed by atoms with E-state index in [9.17, 15) is 4.79 Å². The molecular formula is C18H15N5O3. The number of nitrogens with one attached hydrogen (secondary N) is 1. The topological polar surface area (TPSA) is 110 Å². The Kier molecular flexibility index (Phi) is 5.14. The van der Waals surface area contributed by atoms with Crippen molar-refractivity contribution in [3.63, 3.8) is 0 Å². The predicted molar refractivity (Wildman–Crippen MR) is 96.4 cm³/mol. The van der Waals surface area contributed by atoms with Gasteiger partial charge in [0.1, 0.15) is 5.75 Å². The Labute approximate surface area is 149 Å². The molecule has 3 aromatic rings. The molecule has 1 aromatic heterocycles. The van der Waals surface area contributed by atoms with Gasteiger partial charge in [-0.3, -0.25) is 0 Å². The molecule has 0 aliphatic carbocycles. The number of anilines is 1. The van der Waals surface area contributed by atoms with Crippen LogP contribution in [0, 0.1) is 0 Å². The van der Waals surface area contributed by atoms with Crippen LogP contribution in [0.3, 0.4) is 0 Å². The number of ether oxygens (including phenoxy) is 1. The molecule has 26 heavy (non-hydrogen) atoms. The molecule has 0 unspecified atom stereocenters. The lowest BCUT2D eigenvalue weighted by Crippen LogP contribution is -2.03. The van der Waals surface area contributed by atoms with Gasteiger partial charge in [0.2, 0.25) is 0 Å². The lowest BCUT2D eigenvalue weighted by atomic mass is 10.1. The molecule has 0 fully saturated rings. The molecule has 0 saturated carbocycles. The van der Waals surface area contributed by atoms with Crippen LogP contribution in [0.25, 0.3) is 11.3 Å². The lowest BCUT2D eigenvalue weighted by Gasteiger charge is -2.04. The van der Waals surface area contributed by atoms with E-state index in [2.05, 4.69) is 25.7 Å². The maximum absolute atomic E-state index is 11.2. The van der Waals surface area contributed by atoms with Crippen molar-refractivity contribution < 1.29 is 14.6 Å². The zero-order chi connectivity index (χ0) is 18.4. The number of aromatic nitrogens is 3. The summed E-state index contributed by atoms with van der Waals surface area (Å²) >= 11 is 0. The van der Waals surface area contributed by atoms with Gasteiger partial charge in [-0.1, -0.05) is 18.2 Å². The summed E-state index contributed by atoms with van der Waals surface area (Å²) in [5.74, 6) is -0.0790. The maximum atomic E-state index is 11.2. The van der Waals surface area contributed by atoms with Crippen molar-refractivity contribution >= 4 is 18.1 Å². The van der Waals surface area contributed by atoms with E-state index in [4.69, 9.17) is 9.84 Å². The SMILES string of the molecule is COc1ccc(-c2cnnc(N/N=C/c3ccccc3C(=O)O)n2)cc1. The van der Waals surface area contributed by atoms with E-state index in [0.29, 0.717) is 11.3 Å². The van der Waals surface area contributed by atoms with Gasteiger partial charge in [-0.2, -0.15) is 10.2 Å². The Morgan fingerprint density at radius 1 is 1.19 bits per heavy atom. The molecule has 0 radical (unpaired) electrons. The van der Waals surface area contributed by atoms with Gasteiger partial charge >= 0.3 is 5.97 Å². The van der Waals surface area contributed by atoms with Crippen molar-refractivity contribution in [2.75, 3.05) is 12.5 Å². The van der Waals surface area contributed by atoms with Crippen LogP contribution in [0.2, 0.25) is 0 Å². The first kappa shape index (κ1) is 17.0. The number of rotatable bonds is 6. The minimum absolute atomic E-state index is 0.157. The van der Waals surface area contributed by atoms with E-state index in [1.54, 1.807) is 25.3 Å². The molecule has 130 valence electrons. The average molecular weight is 349 g/mol. The van der Waals surface area contributed by atoms with Crippen LogP contribution in [-0.4, -0.2) is 39.6 Å². The van der Waals surface area contributed by atoms with E-state index in [-0.39, 0.29) is 11.5 Å². The van der Waals surface area contributed by atoms with Crippen LogP contribution in [0.5, 0.6) is 5.75 Å². The van der Waals surface area contributed by atoms with Crippen molar-refractivity contribution in [2.24, 2.45) is 5.10 Å². The monoisotopic (exact) mass is 349 g/mol. The number of hydrogen-bond acceptors (Lipinski definition) is 7. The highest BCUT2D eigenvalue weighted by Crippen LogP contribution is 2.20. The number of hydrogen-bond donors (Lipinski definition) is 2. The first-order valence-corrected chi connectivity index (χ1v) is 7.63. The third-order valence-electron chi connectivity index (χ3n) is 3.50. The summed E-state index contributed by atoms with van der Waals surface area (Å²) in [6.07, 6.45) is 2.93. The fourth-order valence-corrected chi connectivity index (χ4v) is 2.22. The summed E-state index contributed by atoms with van der Waals surface area (Å²) in [5.41, 5.74) is 4.75. The zero-order valence-corrected chi connectivity index (χ0v) is 13.8. The average Bonchev–Trinajstić information content (AvgIpc) is 2.68. The van der Waals surface area contributed by atoms with Crippen molar-refractivity contribution in [1.82, 2.24) is 15.2 Å². The van der Waals surface area contributed by atoms with Crippen LogP contribution >= 0.6 is 0 Å². The van der Waals surface area contributed by atoms with Crippen molar-refractivity contribution in [1.29, 1.82) is 0 Å². The normalized spacial score (nSPS) is 10.7. The summed E-state index contributed by atoms with van der Waals surface area (Å²) in [6.45, 7) is 0. The Balaban J connectivity index is 1.76. The molecule has 8 nitrogen and oxygen atoms in total. The number of hydrazone groups is 1. The van der Waals surface area contributed by atoms with Crippen molar-refractivity contribution in [3.8, 4) is 17.0 Å². The molecule has 8 heteroatoms. The number of carbonyl (C=O) groups is 1. The molecule has 0 aliphatic heterocycles. The smallest absolute Gasteiger partial charge is 0.336 e. The number of benzene rings is 2. The van der Waals surface area contributed by atoms with Crippen LogP contribution in [0.1, 0.15) is 15.9 Å². The standard InChI is InChI=1S/C18H15N5O3/c1-26-14-8-6-12(7-9-14)16-11-20-23-18(21-16)22-19-10-13-4-2-3-5-15(13)17(24)25/h2-11H,1H3,(H,24,25)(H,21,22,23)/b19-10+. The lowest BCUT2D eigenvalue weighted by molar-refractivity contribution is 0.0697. The van der Waals surface area contributed by atoms with Gasteiger partial charge in [-0.15, -0.1) is 5.10 Å². The molecule has 0 spiro atoms. The van der Waals surface area contributed by atoms with Gasteiger partial charge in [0, 0.05) is 11.1 Å². The highest BCUT2D eigenvalue weighted by Gasteiger charge is 2.07. The van der Waals surface area contributed by atoms with Crippen LogP contribution < -0.4 is 10.2 Å². The largest absolute Gasteiger partial charge is 0.497 e. The van der Waals surface area contributed by atoms with Gasteiger partial charge in [0.25, 0.3) is 5.95 Å². The van der Waals surface area contributed by atoms with E-state index in [1.165, 1.54) is 18.5 Å². The molecule has 0 bridgehead atoms. The number of aromatic carboxylic acids is 1. The minimum Gasteiger partial charge on any atom is -0.497 e. The Morgan fingerprint density at radius 3 is 2.69 bits per heavy atom. The van der Waals surface area contributed by atoms with Gasteiger partial charge in [-0.05, 0) is 30.3 Å². The minimum atomic E-state index is -1.02. The summed E-state index contributed by atoms with van der Waals surface area (Å²) < 4.78 is 5.13. The Morgan fingerprint density at radius 2 is 1.96 bits per heavy atom. The number of carboxylic acids is 1. The number of carboxylic acid groups (broad SMARTS) is 1. The van der Waals surface area contributed by atoms with Gasteiger partial charge in [-0.25, -0.2) is 15.2 Å². The fraction of sp³-hybridized carbons (Fsp3) is 0.0556. The third-order valence-corrected chi connectivity index (χ3v) is 3.50. The van der Waals surface area contributed by atoms with Crippen molar-refractivity contribution in [3.05, 3.63) is 65.9 Å². The second-order valence-corrected chi connectivity index (χ2v) is 5.16. The molecule has 0 amide bonds. The number of nitrogens with zero attached hydrogens (tertiary/aromatic N) is 4. The zero-order valence-electron chi connectivity index (χ0n) is 13.8. The second kappa shape index (κ2) is 7.84. The fourth-order valence-electron chi connectivity index (χ4n) is 2.22. The highest BCUT2D eigenvalue weighted by molar-refractivity contribution is 5.98. The van der Waals surface area contributed by atoms with E-state index in [0.717, 1.165) is 11.3 Å². The van der Waals surface area contributed by atoms with Gasteiger partial charge in [0.05, 0.1) is 30.8 Å². The summed E-state index contributed by atoms with van der Waals surface area (Å²) in [6, 6.07) is 13.9. The molecule has 3 rings (SSSR count). The summed E-state index contributed by atoms with van der Waals surface area (Å²) in [7, 11) is 1.60. The maximum Gasteiger partial charge on any atom is 0.336 e. The second-order valence-electron chi connectivity index (χ2n) is 5.16. The summed E-state index contributed by atoms with van der Waals surface area (Å²) in [4.78, 5) is 15.5. The van der Waals surface area contributed by atoms with Crippen LogP contribution in [-0.2, 0) is 0 Å². The van der Waals surface area contributed by atoms with Crippen LogP contribution in [0.15, 0.2) is 59.8 Å². The van der Waals surface area contributed by atoms with E-state index < -0.39 is 5.97 Å². The third kappa shape index (κ3) is 3.99. The van der Waals surface area contributed by atoms with Gasteiger partial charge < -0.3 is 9.84 Å². The number of methoxy groups -OCH3 is 1. The quantitative estimate of drug-likeness (QED) is 0.520. The molecule has 2 N–H and O–H groups in total. The predicted octanol–water partition coefficient (Wildman–Crippen LogP) is 2.69. The van der Waals surface area contributed by atoms with E-state index in [1.807, 2.05) is 24.3 Å². The molecule has 2 aromatic carbocycles. The molecule has 0 atom stereocenters. The Hall–Kier alpha value is -3.81. The molecule has 1 heterocycles. The molecule has 0 saturated heterocycles. The van der Waals surface area contributed by atoms with Crippen molar-refractivity contribution in [2.45, 2.75) is 0 Å².